The topological polar surface area (TPSA) is 198 Å². The number of methoxy groups -OCH3 is 1. The summed E-state index contributed by atoms with van der Waals surface area (Å²) in [4.78, 5) is 40.5. The van der Waals surface area contributed by atoms with E-state index in [4.69, 9.17) is 14.2 Å². The van der Waals surface area contributed by atoms with Gasteiger partial charge in [0, 0.05) is 15.0 Å². The van der Waals surface area contributed by atoms with Gasteiger partial charge in [-0.25, -0.2) is 18.7 Å². The van der Waals surface area contributed by atoms with Crippen LogP contribution in [0.1, 0.15) is 37.4 Å². The number of nitrogens with one attached hydrogen (secondary N) is 2. The summed E-state index contributed by atoms with van der Waals surface area (Å²) >= 11 is 0. The summed E-state index contributed by atoms with van der Waals surface area (Å²) in [5.41, 5.74) is 0.904. The zero-order chi connectivity index (χ0) is 40.3. The van der Waals surface area contributed by atoms with Gasteiger partial charge in [0.15, 0.2) is 11.3 Å². The normalized spacial score (nSPS) is 10.4. The van der Waals surface area contributed by atoms with Crippen molar-refractivity contribution in [3.63, 3.8) is 0 Å². The predicted molar refractivity (Wildman–Crippen MR) is 201 cm³/mol. The minimum Gasteiger partial charge on any atom is -0.495 e. The van der Waals surface area contributed by atoms with Crippen LogP contribution in [0.5, 0.6) is 28.7 Å². The van der Waals surface area contributed by atoms with Gasteiger partial charge in [0.1, 0.15) is 64.7 Å². The van der Waals surface area contributed by atoms with E-state index in [0.717, 1.165) is 24.5 Å². The van der Waals surface area contributed by atoms with E-state index in [1.54, 1.807) is 18.3 Å². The summed E-state index contributed by atoms with van der Waals surface area (Å²) in [6.07, 6.45) is 12.2. The summed E-state index contributed by atoms with van der Waals surface area (Å²) in [5.74, 6) is -1.07. The lowest BCUT2D eigenvalue weighted by Crippen LogP contribution is -2.15. The molecule has 57 heavy (non-hydrogen) atoms. The van der Waals surface area contributed by atoms with Gasteiger partial charge in [0.05, 0.1) is 61.6 Å². The van der Waals surface area contributed by atoms with Crippen molar-refractivity contribution in [1.29, 1.82) is 0 Å². The smallest absolute Gasteiger partial charge is 0.260 e. The molecule has 0 fully saturated rings. The third-order valence-electron chi connectivity index (χ3n) is 7.22. The second-order valence-electron chi connectivity index (χ2n) is 11.0. The van der Waals surface area contributed by atoms with E-state index in [1.807, 2.05) is 13.8 Å². The van der Waals surface area contributed by atoms with Crippen LogP contribution in [0.25, 0.3) is 11.3 Å². The SMILES string of the molecule is CC.COc1ccc(NC(=O)c2cc(Oc3cncc(F)c3)cn3cnnc23)nc1.O=C(Nc1cccc(F)n1)c1cc(Oc2cncc(F)c2)cn2cnnc12.[HH].[HH]. The average molecular weight is 783 g/mol. The van der Waals surface area contributed by atoms with Gasteiger partial charge >= 0.3 is 0 Å². The summed E-state index contributed by atoms with van der Waals surface area (Å²) in [7, 11) is 1.52. The molecule has 8 aromatic rings. The molecule has 0 radical (unpaired) electrons. The minimum atomic E-state index is -0.726. The Kier molecular flexibility index (Phi) is 12.1. The molecule has 292 valence electrons. The number of nitrogens with zero attached hydrogens (tertiary/aromatic N) is 10. The van der Waals surface area contributed by atoms with Crippen LogP contribution in [0.15, 0.2) is 111 Å². The summed E-state index contributed by atoms with van der Waals surface area (Å²) in [5, 5.41) is 20.6. The molecule has 20 heteroatoms. The Hall–Kier alpha value is -8.03. The Labute approximate surface area is 323 Å². The van der Waals surface area contributed by atoms with Crippen molar-refractivity contribution in [2.75, 3.05) is 17.7 Å². The number of ether oxygens (including phenoxy) is 3. The van der Waals surface area contributed by atoms with Crippen LogP contribution in [0.2, 0.25) is 0 Å². The van der Waals surface area contributed by atoms with Gasteiger partial charge in [-0.15, -0.1) is 20.4 Å². The fourth-order valence-corrected chi connectivity index (χ4v) is 4.86. The number of carbonyl (C=O) groups is 2. The first kappa shape index (κ1) is 38.7. The number of halogens is 3. The molecule has 0 atom stereocenters. The highest BCUT2D eigenvalue weighted by Gasteiger charge is 2.18. The van der Waals surface area contributed by atoms with E-state index < -0.39 is 29.4 Å². The maximum Gasteiger partial charge on any atom is 0.260 e. The van der Waals surface area contributed by atoms with E-state index in [0.29, 0.717) is 17.2 Å². The number of carbonyl (C=O) groups excluding carboxylic acids is 2. The first-order chi connectivity index (χ1) is 27.7. The van der Waals surface area contributed by atoms with E-state index in [1.165, 1.54) is 83.7 Å². The maximum absolute atomic E-state index is 13.3. The molecule has 8 aromatic heterocycles. The van der Waals surface area contributed by atoms with Crippen LogP contribution in [0.3, 0.4) is 0 Å². The number of pyridine rings is 6. The molecule has 8 heterocycles. The molecule has 0 aliphatic rings. The Morgan fingerprint density at radius 1 is 0.649 bits per heavy atom. The maximum atomic E-state index is 13.3. The number of hydrogen-bond donors (Lipinski definition) is 2. The molecule has 0 saturated carbocycles. The first-order valence-electron chi connectivity index (χ1n) is 16.7. The van der Waals surface area contributed by atoms with Crippen molar-refractivity contribution >= 4 is 34.7 Å². The van der Waals surface area contributed by atoms with Gasteiger partial charge < -0.3 is 24.8 Å². The average Bonchev–Trinajstić information content (AvgIpc) is 3.89. The third kappa shape index (κ3) is 9.75. The lowest BCUT2D eigenvalue weighted by atomic mass is 10.2. The minimum absolute atomic E-state index is 0. The van der Waals surface area contributed by atoms with Crippen LogP contribution in [0.4, 0.5) is 24.8 Å². The summed E-state index contributed by atoms with van der Waals surface area (Å²) < 4.78 is 59.0. The number of rotatable bonds is 9. The molecule has 8 rings (SSSR count). The number of fused-ring (bicyclic) bond motifs is 2. The van der Waals surface area contributed by atoms with E-state index >= 15 is 0 Å². The molecule has 2 N–H and O–H groups in total. The van der Waals surface area contributed by atoms with Crippen molar-refractivity contribution in [3.05, 3.63) is 139 Å². The van der Waals surface area contributed by atoms with Gasteiger partial charge in [0.25, 0.3) is 11.8 Å². The summed E-state index contributed by atoms with van der Waals surface area (Å²) in [6.45, 7) is 4.00. The van der Waals surface area contributed by atoms with Crippen molar-refractivity contribution in [2.24, 2.45) is 0 Å². The quantitative estimate of drug-likeness (QED) is 0.141. The van der Waals surface area contributed by atoms with Crippen LogP contribution in [-0.4, -0.2) is 68.1 Å². The Bertz CT molecular complexity index is 2670. The van der Waals surface area contributed by atoms with Gasteiger partial charge in [-0.1, -0.05) is 19.9 Å². The number of hydrogen-bond acceptors (Lipinski definition) is 13. The molecule has 17 nitrogen and oxygen atoms in total. The molecular weight excluding hydrogens is 749 g/mol. The van der Waals surface area contributed by atoms with E-state index in [2.05, 4.69) is 51.0 Å². The Morgan fingerprint density at radius 3 is 1.67 bits per heavy atom. The third-order valence-corrected chi connectivity index (χ3v) is 7.22. The fraction of sp³-hybridized carbons (Fsp3) is 0.0811. The molecule has 0 aliphatic carbocycles. The first-order valence-corrected chi connectivity index (χ1v) is 16.7. The fourth-order valence-electron chi connectivity index (χ4n) is 4.86. The zero-order valence-electron chi connectivity index (χ0n) is 30.0. The van der Waals surface area contributed by atoms with Gasteiger partial charge in [-0.05, 0) is 36.4 Å². The molecule has 0 unspecified atom stereocenters. The second-order valence-corrected chi connectivity index (χ2v) is 11.0. The van der Waals surface area contributed by atoms with Crippen molar-refractivity contribution in [1.82, 2.24) is 49.1 Å². The predicted octanol–water partition coefficient (Wildman–Crippen LogP) is 7.07. The molecule has 2 amide bonds. The van der Waals surface area contributed by atoms with E-state index in [-0.39, 0.29) is 48.4 Å². The Balaban J connectivity index is 0.000000242. The van der Waals surface area contributed by atoms with Crippen LogP contribution < -0.4 is 24.8 Å². The highest BCUT2D eigenvalue weighted by molar-refractivity contribution is 6.08. The van der Waals surface area contributed by atoms with Gasteiger partial charge in [-0.3, -0.25) is 28.4 Å². The number of aromatic nitrogens is 10. The molecule has 0 aromatic carbocycles. The van der Waals surface area contributed by atoms with Crippen LogP contribution in [0, 0.1) is 17.6 Å². The lowest BCUT2D eigenvalue weighted by Gasteiger charge is -2.10. The molecule has 0 bridgehead atoms. The molecular formula is C37H33F3N12O5. The lowest BCUT2D eigenvalue weighted by molar-refractivity contribution is 0.101. The largest absolute Gasteiger partial charge is 0.495 e. The van der Waals surface area contributed by atoms with Crippen LogP contribution >= 0.6 is 0 Å². The van der Waals surface area contributed by atoms with Crippen molar-refractivity contribution in [2.45, 2.75) is 13.8 Å². The van der Waals surface area contributed by atoms with Crippen molar-refractivity contribution in [3.8, 4) is 28.7 Å². The highest BCUT2D eigenvalue weighted by Crippen LogP contribution is 2.26. The summed E-state index contributed by atoms with van der Waals surface area (Å²) in [6, 6.07) is 12.5. The van der Waals surface area contributed by atoms with E-state index in [9.17, 15) is 22.8 Å². The molecule has 0 spiro atoms. The van der Waals surface area contributed by atoms with Gasteiger partial charge in [0.2, 0.25) is 5.95 Å². The highest BCUT2D eigenvalue weighted by atomic mass is 19.1. The number of anilines is 2. The standard InChI is InChI=1S/C18H13FN6O3.C17H10F2N6O2.C2H6.2H2/c1-27-12-2-3-16(21-8-12)23-18(26)15-5-14(9-25-10-22-24-17(15)25)28-13-4-11(19)6-20-7-13;18-10-4-11(7-20-6-10)27-12-5-13(16-24-21-9-25(16)8-12)17(26)23-15-3-1-2-14(19)22-15;1-2;;/h2-10H,1H3,(H,21,23,26);1-9H,(H,22,23,26);1-2H3;2*1H. The Morgan fingerprint density at radius 2 is 1.19 bits per heavy atom. The number of amides is 2. The monoisotopic (exact) mass is 782 g/mol. The van der Waals surface area contributed by atoms with Crippen molar-refractivity contribution < 1.29 is 39.8 Å². The van der Waals surface area contributed by atoms with Crippen LogP contribution in [-0.2, 0) is 0 Å². The zero-order valence-corrected chi connectivity index (χ0v) is 30.0. The molecule has 0 saturated heterocycles. The van der Waals surface area contributed by atoms with Gasteiger partial charge in [-0.2, -0.15) is 4.39 Å². The molecule has 0 aliphatic heterocycles. The second kappa shape index (κ2) is 17.9.